The number of nitrogen functional groups attached to an aromatic ring is 1. The van der Waals surface area contributed by atoms with E-state index in [4.69, 9.17) is 10.5 Å². The van der Waals surface area contributed by atoms with Crippen LogP contribution in [0.25, 0.3) is 0 Å². The first kappa shape index (κ1) is 15.8. The fraction of sp³-hybridized carbons (Fsp3) is 0.500. The molecule has 116 valence electrons. The molecule has 7 heteroatoms. The van der Waals surface area contributed by atoms with Gasteiger partial charge in [-0.2, -0.15) is 0 Å². The highest BCUT2D eigenvalue weighted by Crippen LogP contribution is 2.23. The highest BCUT2D eigenvalue weighted by molar-refractivity contribution is 7.92. The molecular formula is C14H20N2O4S. The molecule has 0 spiro atoms. The Labute approximate surface area is 124 Å². The zero-order valence-corrected chi connectivity index (χ0v) is 13.0. The van der Waals surface area contributed by atoms with Crippen LogP contribution >= 0.6 is 0 Å². The number of sulfone groups is 1. The quantitative estimate of drug-likeness (QED) is 0.825. The lowest BCUT2D eigenvalue weighted by atomic mass is 10.2. The number of anilines is 1. The summed E-state index contributed by atoms with van der Waals surface area (Å²) in [6.45, 7) is 4.86. The maximum absolute atomic E-state index is 12.6. The van der Waals surface area contributed by atoms with Crippen molar-refractivity contribution in [2.45, 2.75) is 24.0 Å². The first-order valence-corrected chi connectivity index (χ1v) is 8.35. The second-order valence-electron chi connectivity index (χ2n) is 5.15. The maximum atomic E-state index is 12.6. The fourth-order valence-corrected chi connectivity index (χ4v) is 3.92. The summed E-state index contributed by atoms with van der Waals surface area (Å²) in [5, 5.41) is -1.11. The van der Waals surface area contributed by atoms with E-state index in [0.717, 1.165) is 0 Å². The predicted octanol–water partition coefficient (Wildman–Crippen LogP) is 0.598. The van der Waals surface area contributed by atoms with Gasteiger partial charge in [-0.05, 0) is 37.6 Å². The van der Waals surface area contributed by atoms with Crippen LogP contribution in [0.5, 0.6) is 0 Å². The molecule has 6 nitrogen and oxygen atoms in total. The summed E-state index contributed by atoms with van der Waals surface area (Å²) in [6.07, 6.45) is 0. The van der Waals surface area contributed by atoms with Crippen molar-refractivity contribution in [2.75, 3.05) is 32.0 Å². The second kappa shape index (κ2) is 6.03. The summed E-state index contributed by atoms with van der Waals surface area (Å²) in [6, 6.07) is 4.59. The average molecular weight is 312 g/mol. The molecule has 1 saturated heterocycles. The molecule has 1 atom stereocenters. The lowest BCUT2D eigenvalue weighted by Gasteiger charge is -2.29. The molecule has 1 fully saturated rings. The van der Waals surface area contributed by atoms with Gasteiger partial charge in [0.25, 0.3) is 0 Å². The fourth-order valence-electron chi connectivity index (χ4n) is 2.36. The molecule has 1 aliphatic heterocycles. The van der Waals surface area contributed by atoms with E-state index < -0.39 is 15.1 Å². The van der Waals surface area contributed by atoms with Gasteiger partial charge in [-0.3, -0.25) is 4.79 Å². The van der Waals surface area contributed by atoms with Crippen LogP contribution in [-0.2, 0) is 19.4 Å². The van der Waals surface area contributed by atoms with Crippen molar-refractivity contribution in [3.63, 3.8) is 0 Å². The van der Waals surface area contributed by atoms with E-state index in [-0.39, 0.29) is 10.8 Å². The van der Waals surface area contributed by atoms with Gasteiger partial charge < -0.3 is 15.4 Å². The minimum atomic E-state index is -3.72. The number of benzene rings is 1. The molecule has 0 saturated carbocycles. The van der Waals surface area contributed by atoms with Gasteiger partial charge in [-0.15, -0.1) is 0 Å². The molecule has 1 unspecified atom stereocenters. The summed E-state index contributed by atoms with van der Waals surface area (Å²) in [4.78, 5) is 14.1. The summed E-state index contributed by atoms with van der Waals surface area (Å²) in [5.41, 5.74) is 6.69. The van der Waals surface area contributed by atoms with Crippen LogP contribution in [0.3, 0.4) is 0 Å². The molecular weight excluding hydrogens is 292 g/mol. The minimum Gasteiger partial charge on any atom is -0.399 e. The number of nitrogens with two attached hydrogens (primary N) is 1. The lowest BCUT2D eigenvalue weighted by molar-refractivity contribution is -0.134. The Hall–Kier alpha value is -1.60. The number of hydrogen-bond acceptors (Lipinski definition) is 5. The maximum Gasteiger partial charge on any atom is 0.241 e. The molecule has 1 heterocycles. The van der Waals surface area contributed by atoms with Gasteiger partial charge in [0.2, 0.25) is 5.91 Å². The molecule has 0 aliphatic carbocycles. The summed E-state index contributed by atoms with van der Waals surface area (Å²) in [7, 11) is -3.72. The molecule has 0 radical (unpaired) electrons. The smallest absolute Gasteiger partial charge is 0.241 e. The zero-order chi connectivity index (χ0) is 15.6. The third-order valence-corrected chi connectivity index (χ3v) is 5.85. The standard InChI is InChI=1S/C14H20N2O4S/c1-10-9-12(15)3-4-13(10)21(18,19)11(2)14(17)16-5-7-20-8-6-16/h3-4,9,11H,5-8,15H2,1-2H3. The van der Waals surface area contributed by atoms with Gasteiger partial charge in [0.05, 0.1) is 18.1 Å². The number of aryl methyl sites for hydroxylation is 1. The van der Waals surface area contributed by atoms with Crippen LogP contribution in [0.15, 0.2) is 23.1 Å². The first-order valence-electron chi connectivity index (χ1n) is 6.80. The van der Waals surface area contributed by atoms with Crippen LogP contribution in [-0.4, -0.2) is 50.8 Å². The normalized spacial score (nSPS) is 17.5. The highest BCUT2D eigenvalue weighted by atomic mass is 32.2. The van der Waals surface area contributed by atoms with Gasteiger partial charge in [-0.25, -0.2) is 8.42 Å². The topological polar surface area (TPSA) is 89.7 Å². The number of carbonyl (C=O) groups excluding carboxylic acids is 1. The van der Waals surface area contributed by atoms with E-state index >= 15 is 0 Å². The van der Waals surface area contributed by atoms with Gasteiger partial charge in [0.1, 0.15) is 5.25 Å². The third-order valence-electron chi connectivity index (χ3n) is 3.64. The SMILES string of the molecule is Cc1cc(N)ccc1S(=O)(=O)C(C)C(=O)N1CCOCC1. The van der Waals surface area contributed by atoms with E-state index in [1.165, 1.54) is 19.1 Å². The van der Waals surface area contributed by atoms with Crippen LogP contribution in [0.1, 0.15) is 12.5 Å². The number of hydrogen-bond donors (Lipinski definition) is 1. The first-order chi connectivity index (χ1) is 9.84. The number of carbonyl (C=O) groups is 1. The van der Waals surface area contributed by atoms with Crippen molar-refractivity contribution in [1.82, 2.24) is 4.90 Å². The van der Waals surface area contributed by atoms with Crippen molar-refractivity contribution >= 4 is 21.4 Å². The molecule has 2 rings (SSSR count). The lowest BCUT2D eigenvalue weighted by Crippen LogP contribution is -2.47. The van der Waals surface area contributed by atoms with Gasteiger partial charge in [0, 0.05) is 18.8 Å². The predicted molar refractivity (Wildman–Crippen MR) is 79.6 cm³/mol. The van der Waals surface area contributed by atoms with Crippen LogP contribution in [0.2, 0.25) is 0 Å². The Bertz CT molecular complexity index is 636. The van der Waals surface area contributed by atoms with Crippen LogP contribution < -0.4 is 5.73 Å². The van der Waals surface area contributed by atoms with Crippen molar-refractivity contribution in [1.29, 1.82) is 0 Å². The number of rotatable bonds is 3. The molecule has 0 bridgehead atoms. The molecule has 0 aromatic heterocycles. The van der Waals surface area contributed by atoms with Gasteiger partial charge >= 0.3 is 0 Å². The Balaban J connectivity index is 2.27. The number of ether oxygens (including phenoxy) is 1. The Kier molecular flexibility index (Phi) is 4.53. The van der Waals surface area contributed by atoms with Crippen molar-refractivity contribution in [2.24, 2.45) is 0 Å². The largest absolute Gasteiger partial charge is 0.399 e. The van der Waals surface area contributed by atoms with Crippen molar-refractivity contribution < 1.29 is 17.9 Å². The summed E-state index contributed by atoms with van der Waals surface area (Å²) < 4.78 is 30.4. The number of nitrogens with zero attached hydrogens (tertiary/aromatic N) is 1. The highest BCUT2D eigenvalue weighted by Gasteiger charge is 2.34. The monoisotopic (exact) mass is 312 g/mol. The summed E-state index contributed by atoms with van der Waals surface area (Å²) in [5.74, 6) is -0.380. The molecule has 1 aliphatic rings. The van der Waals surface area contributed by atoms with Crippen LogP contribution in [0.4, 0.5) is 5.69 Å². The summed E-state index contributed by atoms with van der Waals surface area (Å²) >= 11 is 0. The zero-order valence-electron chi connectivity index (χ0n) is 12.2. The molecule has 1 aromatic carbocycles. The van der Waals surface area contributed by atoms with Gasteiger partial charge in [0.15, 0.2) is 9.84 Å². The van der Waals surface area contributed by atoms with E-state index in [1.54, 1.807) is 17.9 Å². The molecule has 1 aromatic rings. The Morgan fingerprint density at radius 3 is 2.52 bits per heavy atom. The van der Waals surface area contributed by atoms with Crippen molar-refractivity contribution in [3.8, 4) is 0 Å². The minimum absolute atomic E-state index is 0.158. The van der Waals surface area contributed by atoms with E-state index in [9.17, 15) is 13.2 Å². The van der Waals surface area contributed by atoms with E-state index in [0.29, 0.717) is 37.6 Å². The van der Waals surface area contributed by atoms with Crippen LogP contribution in [0, 0.1) is 6.92 Å². The van der Waals surface area contributed by atoms with Crippen molar-refractivity contribution in [3.05, 3.63) is 23.8 Å². The average Bonchev–Trinajstić information content (AvgIpc) is 2.46. The Morgan fingerprint density at radius 2 is 1.95 bits per heavy atom. The molecule has 2 N–H and O–H groups in total. The van der Waals surface area contributed by atoms with Gasteiger partial charge in [-0.1, -0.05) is 0 Å². The van der Waals surface area contributed by atoms with E-state index in [1.807, 2.05) is 0 Å². The Morgan fingerprint density at radius 1 is 1.33 bits per heavy atom. The number of morpholine rings is 1. The third kappa shape index (κ3) is 3.19. The number of amides is 1. The molecule has 21 heavy (non-hydrogen) atoms. The second-order valence-corrected chi connectivity index (χ2v) is 7.39. The van der Waals surface area contributed by atoms with E-state index in [2.05, 4.69) is 0 Å². The molecule has 1 amide bonds.